The highest BCUT2D eigenvalue weighted by atomic mass is 16.5. The van der Waals surface area contributed by atoms with Crippen molar-refractivity contribution in [1.82, 2.24) is 10.2 Å². The molecular weight excluding hydrogens is 436 g/mol. The number of nitrogens with one attached hydrogen (secondary N) is 1. The minimum absolute atomic E-state index is 0.0200. The third-order valence-corrected chi connectivity index (χ3v) is 6.24. The van der Waals surface area contributed by atoms with Gasteiger partial charge in [0.05, 0.1) is 13.5 Å². The molecule has 0 aromatic heterocycles. The van der Waals surface area contributed by atoms with E-state index in [0.29, 0.717) is 13.0 Å². The molecule has 0 fully saturated rings. The van der Waals surface area contributed by atoms with Gasteiger partial charge in [0.25, 0.3) is 0 Å². The fourth-order valence-electron chi connectivity index (χ4n) is 3.94. The number of methoxy groups -OCH3 is 1. The third-order valence-electron chi connectivity index (χ3n) is 6.24. The number of carbonyl (C=O) groups is 2. The average Bonchev–Trinajstić information content (AvgIpc) is 2.88. The predicted molar refractivity (Wildman–Crippen MR) is 140 cm³/mol. The standard InChI is InChI=1S/C30H36N2O3/c1-5-23(3)31-30(34)28(19-24-10-7-6-8-11-24)32(21-26-12-9-13-27(18-26)35-4)29(33)20-25-16-14-22(2)15-17-25/h6-18,23,28H,5,19-21H2,1-4H3,(H,31,34)/t23-,28-/m0/s1. The zero-order chi connectivity index (χ0) is 25.2. The van der Waals surface area contributed by atoms with Gasteiger partial charge in [-0.2, -0.15) is 0 Å². The zero-order valence-electron chi connectivity index (χ0n) is 21.2. The first-order valence-corrected chi connectivity index (χ1v) is 12.2. The van der Waals surface area contributed by atoms with Crippen LogP contribution in [0.25, 0.3) is 0 Å². The average molecular weight is 473 g/mol. The number of amides is 2. The Morgan fingerprint density at radius 2 is 1.60 bits per heavy atom. The summed E-state index contributed by atoms with van der Waals surface area (Å²) < 4.78 is 5.39. The van der Waals surface area contributed by atoms with Gasteiger partial charge >= 0.3 is 0 Å². The molecule has 0 heterocycles. The number of ether oxygens (including phenoxy) is 1. The number of nitrogens with zero attached hydrogens (tertiary/aromatic N) is 1. The molecule has 184 valence electrons. The van der Waals surface area contributed by atoms with Gasteiger partial charge in [0, 0.05) is 19.0 Å². The summed E-state index contributed by atoms with van der Waals surface area (Å²) in [5.41, 5.74) is 3.99. The number of hydrogen-bond donors (Lipinski definition) is 1. The molecule has 1 N–H and O–H groups in total. The maximum Gasteiger partial charge on any atom is 0.243 e. The molecule has 35 heavy (non-hydrogen) atoms. The minimum Gasteiger partial charge on any atom is -0.497 e. The van der Waals surface area contributed by atoms with E-state index in [0.717, 1.165) is 34.4 Å². The van der Waals surface area contributed by atoms with E-state index in [1.54, 1.807) is 12.0 Å². The fourth-order valence-corrected chi connectivity index (χ4v) is 3.94. The maximum atomic E-state index is 13.8. The normalized spacial score (nSPS) is 12.5. The van der Waals surface area contributed by atoms with E-state index in [4.69, 9.17) is 4.74 Å². The largest absolute Gasteiger partial charge is 0.497 e. The molecule has 0 unspecified atom stereocenters. The van der Waals surface area contributed by atoms with Gasteiger partial charge in [-0.3, -0.25) is 9.59 Å². The molecule has 2 atom stereocenters. The van der Waals surface area contributed by atoms with Crippen LogP contribution in [0.2, 0.25) is 0 Å². The SMILES string of the molecule is CC[C@H](C)NC(=O)[C@H](Cc1ccccc1)N(Cc1cccc(OC)c1)C(=O)Cc1ccc(C)cc1. The Bertz CT molecular complexity index is 1100. The molecule has 5 nitrogen and oxygen atoms in total. The van der Waals surface area contributed by atoms with Gasteiger partial charge in [-0.1, -0.05) is 79.2 Å². The van der Waals surface area contributed by atoms with Gasteiger partial charge in [0.15, 0.2) is 0 Å². The van der Waals surface area contributed by atoms with E-state index < -0.39 is 6.04 Å². The number of hydrogen-bond acceptors (Lipinski definition) is 3. The monoisotopic (exact) mass is 472 g/mol. The molecule has 0 aliphatic rings. The molecule has 0 spiro atoms. The van der Waals surface area contributed by atoms with E-state index in [9.17, 15) is 9.59 Å². The number of carbonyl (C=O) groups excluding carboxylic acids is 2. The van der Waals surface area contributed by atoms with Crippen molar-refractivity contribution in [2.24, 2.45) is 0 Å². The van der Waals surface area contributed by atoms with Gasteiger partial charge < -0.3 is 15.0 Å². The first kappa shape index (κ1) is 26.0. The van der Waals surface area contributed by atoms with Gasteiger partial charge in [-0.15, -0.1) is 0 Å². The highest BCUT2D eigenvalue weighted by Gasteiger charge is 2.31. The minimum atomic E-state index is -0.643. The quantitative estimate of drug-likeness (QED) is 0.422. The van der Waals surface area contributed by atoms with Crippen LogP contribution in [0.3, 0.4) is 0 Å². The Balaban J connectivity index is 1.97. The van der Waals surface area contributed by atoms with E-state index in [1.165, 1.54) is 0 Å². The first-order valence-electron chi connectivity index (χ1n) is 12.2. The second-order valence-electron chi connectivity index (χ2n) is 9.06. The van der Waals surface area contributed by atoms with E-state index in [1.807, 2.05) is 99.6 Å². The Hall–Kier alpha value is -3.60. The van der Waals surface area contributed by atoms with Gasteiger partial charge in [-0.25, -0.2) is 0 Å². The van der Waals surface area contributed by atoms with Gasteiger partial charge in [0.2, 0.25) is 11.8 Å². The Morgan fingerprint density at radius 3 is 2.26 bits per heavy atom. The molecule has 0 aliphatic carbocycles. The lowest BCUT2D eigenvalue weighted by Gasteiger charge is -2.32. The summed E-state index contributed by atoms with van der Waals surface area (Å²) >= 11 is 0. The van der Waals surface area contributed by atoms with Crippen LogP contribution in [0.1, 0.15) is 42.5 Å². The molecule has 2 amide bonds. The van der Waals surface area contributed by atoms with Crippen LogP contribution in [0.5, 0.6) is 5.75 Å². The van der Waals surface area contributed by atoms with Crippen molar-refractivity contribution in [1.29, 1.82) is 0 Å². The smallest absolute Gasteiger partial charge is 0.243 e. The molecule has 3 rings (SSSR count). The van der Waals surface area contributed by atoms with Crippen molar-refractivity contribution in [2.45, 2.75) is 58.7 Å². The lowest BCUT2D eigenvalue weighted by Crippen LogP contribution is -2.52. The first-order chi connectivity index (χ1) is 16.9. The third kappa shape index (κ3) is 7.71. The summed E-state index contributed by atoms with van der Waals surface area (Å²) in [6.07, 6.45) is 1.48. The van der Waals surface area contributed by atoms with Crippen molar-refractivity contribution in [3.63, 3.8) is 0 Å². The predicted octanol–water partition coefficient (Wildman–Crippen LogP) is 5.10. The van der Waals surface area contributed by atoms with Crippen molar-refractivity contribution >= 4 is 11.8 Å². The highest BCUT2D eigenvalue weighted by molar-refractivity contribution is 5.89. The van der Waals surface area contributed by atoms with Crippen molar-refractivity contribution in [3.05, 3.63) is 101 Å². The van der Waals surface area contributed by atoms with Crippen molar-refractivity contribution in [2.75, 3.05) is 7.11 Å². The van der Waals surface area contributed by atoms with Crippen LogP contribution >= 0.6 is 0 Å². The van der Waals surface area contributed by atoms with Crippen LogP contribution in [0.15, 0.2) is 78.9 Å². The van der Waals surface area contributed by atoms with E-state index >= 15 is 0 Å². The summed E-state index contributed by atoms with van der Waals surface area (Å²) in [5, 5.41) is 3.11. The Kier molecular flexibility index (Phi) is 9.47. The summed E-state index contributed by atoms with van der Waals surface area (Å²) in [7, 11) is 1.62. The molecule has 0 saturated carbocycles. The topological polar surface area (TPSA) is 58.6 Å². The number of rotatable bonds is 11. The van der Waals surface area contributed by atoms with E-state index in [-0.39, 0.29) is 24.3 Å². The number of benzene rings is 3. The molecule has 0 aliphatic heterocycles. The molecule has 0 bridgehead atoms. The molecular formula is C30H36N2O3. The number of aryl methyl sites for hydroxylation is 1. The molecule has 3 aromatic carbocycles. The van der Waals surface area contributed by atoms with Crippen molar-refractivity contribution in [3.8, 4) is 5.75 Å². The van der Waals surface area contributed by atoms with Crippen molar-refractivity contribution < 1.29 is 14.3 Å². The summed E-state index contributed by atoms with van der Waals surface area (Å²) in [6.45, 7) is 6.36. The van der Waals surface area contributed by atoms with Crippen LogP contribution in [0, 0.1) is 6.92 Å². The van der Waals surface area contributed by atoms with Crippen LogP contribution < -0.4 is 10.1 Å². The summed E-state index contributed by atoms with van der Waals surface area (Å²) in [6, 6.07) is 24.9. The van der Waals surface area contributed by atoms with Gasteiger partial charge in [-0.05, 0) is 49.1 Å². The molecule has 0 saturated heterocycles. The van der Waals surface area contributed by atoms with Crippen LogP contribution in [-0.4, -0.2) is 35.9 Å². The highest BCUT2D eigenvalue weighted by Crippen LogP contribution is 2.20. The van der Waals surface area contributed by atoms with E-state index in [2.05, 4.69) is 5.32 Å². The maximum absolute atomic E-state index is 13.8. The zero-order valence-corrected chi connectivity index (χ0v) is 21.2. The Morgan fingerprint density at radius 1 is 0.914 bits per heavy atom. The Labute approximate surface area is 209 Å². The lowest BCUT2D eigenvalue weighted by molar-refractivity contribution is -0.141. The lowest BCUT2D eigenvalue weighted by atomic mass is 10.0. The molecule has 5 heteroatoms. The van der Waals surface area contributed by atoms with Crippen LogP contribution in [-0.2, 0) is 29.0 Å². The summed E-state index contributed by atoms with van der Waals surface area (Å²) in [5.74, 6) is 0.498. The fraction of sp³-hybridized carbons (Fsp3) is 0.333. The van der Waals surface area contributed by atoms with Gasteiger partial charge in [0.1, 0.15) is 11.8 Å². The van der Waals surface area contributed by atoms with Crippen LogP contribution in [0.4, 0.5) is 0 Å². The molecule has 0 radical (unpaired) electrons. The molecule has 3 aromatic rings. The second kappa shape index (κ2) is 12.7. The second-order valence-corrected chi connectivity index (χ2v) is 9.06. The summed E-state index contributed by atoms with van der Waals surface area (Å²) in [4.78, 5) is 29.0.